The van der Waals surface area contributed by atoms with Crippen LogP contribution in [0.15, 0.2) is 182 Å². The molecule has 0 aliphatic rings. The molecule has 0 rings (SSSR count). The molecule has 0 amide bonds. The molecule has 2 unspecified atom stereocenters. The van der Waals surface area contributed by atoms with Gasteiger partial charge in [-0.15, -0.1) is 0 Å². The van der Waals surface area contributed by atoms with Crippen LogP contribution in [0.1, 0.15) is 309 Å². The Kier molecular flexibility index (Phi) is 74.1. The lowest BCUT2D eigenvalue weighted by atomic mass is 10.0. The van der Waals surface area contributed by atoms with E-state index in [0.717, 1.165) is 141 Å². The standard InChI is InChI=1S/C85H140NO8P/c1-3-5-7-9-11-13-15-17-19-21-23-25-27-29-31-33-35-37-39-40-41-42-44-46-48-50-52-54-56-58-60-62-64-66-68-70-72-74-76-78-85(88)94-83(82-93-95(89,90)92-80-79-86)81-91-84(87)77-75-73-71-69-67-65-63-61-59-57-55-53-51-49-47-45-43-38-36-34-32-30-28-26-24-22-20-18-16-14-12-10-8-6-4-2/h5-8,11-14,17-20,23-26,29-32,35-38,40-41,44,46,50,52,83H,3-4,9-10,15-16,21-22,27-28,33-34,39,42-43,45,47-49,51,53-82,86H2,1-2H3,(H,89,90)/b7-5-,8-6-,13-11-,14-12-,19-17-,20-18-,25-23-,26-24-,31-29-,32-30-,37-35-,38-36-,41-40-,46-44-,52-50-. The van der Waals surface area contributed by atoms with Crippen molar-refractivity contribution in [2.24, 2.45) is 5.73 Å². The van der Waals surface area contributed by atoms with Gasteiger partial charge in [-0.3, -0.25) is 18.6 Å². The van der Waals surface area contributed by atoms with Gasteiger partial charge in [-0.2, -0.15) is 0 Å². The van der Waals surface area contributed by atoms with Crippen LogP contribution in [-0.4, -0.2) is 49.3 Å². The Labute approximate surface area is 584 Å². The van der Waals surface area contributed by atoms with E-state index in [1.807, 2.05) is 0 Å². The lowest BCUT2D eigenvalue weighted by molar-refractivity contribution is -0.161. The van der Waals surface area contributed by atoms with Crippen molar-refractivity contribution in [3.8, 4) is 0 Å². The molecule has 0 aliphatic carbocycles. The van der Waals surface area contributed by atoms with Gasteiger partial charge in [0, 0.05) is 19.4 Å². The summed E-state index contributed by atoms with van der Waals surface area (Å²) in [4.78, 5) is 35.5. The van der Waals surface area contributed by atoms with Gasteiger partial charge < -0.3 is 20.1 Å². The Morgan fingerprint density at radius 2 is 0.547 bits per heavy atom. The first-order valence-electron chi connectivity index (χ1n) is 38.3. The number of rotatable bonds is 70. The predicted molar refractivity (Wildman–Crippen MR) is 412 cm³/mol. The fraction of sp³-hybridized carbons (Fsp3) is 0.624. The van der Waals surface area contributed by atoms with Crippen molar-refractivity contribution >= 4 is 19.8 Å². The summed E-state index contributed by atoms with van der Waals surface area (Å²) < 4.78 is 33.2. The van der Waals surface area contributed by atoms with Crippen molar-refractivity contribution in [1.82, 2.24) is 0 Å². The molecule has 10 heteroatoms. The van der Waals surface area contributed by atoms with E-state index < -0.39 is 26.5 Å². The molecule has 3 N–H and O–H groups in total. The molecular weight excluding hydrogens is 1190 g/mol. The second kappa shape index (κ2) is 78.1. The van der Waals surface area contributed by atoms with Gasteiger partial charge in [0.1, 0.15) is 6.61 Å². The molecule has 538 valence electrons. The molecule has 95 heavy (non-hydrogen) atoms. The minimum atomic E-state index is -4.41. The number of hydrogen-bond acceptors (Lipinski definition) is 8. The van der Waals surface area contributed by atoms with Crippen molar-refractivity contribution in [3.63, 3.8) is 0 Å². The maximum absolute atomic E-state index is 12.8. The van der Waals surface area contributed by atoms with Crippen LogP contribution in [-0.2, 0) is 32.7 Å². The van der Waals surface area contributed by atoms with Gasteiger partial charge in [0.25, 0.3) is 0 Å². The molecule has 0 aliphatic heterocycles. The Bertz CT molecular complexity index is 2220. The van der Waals surface area contributed by atoms with Crippen LogP contribution in [0.5, 0.6) is 0 Å². The largest absolute Gasteiger partial charge is 0.472 e. The molecule has 0 aromatic rings. The van der Waals surface area contributed by atoms with E-state index in [9.17, 15) is 19.0 Å². The van der Waals surface area contributed by atoms with Crippen LogP contribution in [0.2, 0.25) is 0 Å². The zero-order valence-electron chi connectivity index (χ0n) is 60.6. The first-order valence-corrected chi connectivity index (χ1v) is 39.8. The molecule has 0 saturated heterocycles. The second-order valence-electron chi connectivity index (χ2n) is 24.8. The Morgan fingerprint density at radius 1 is 0.316 bits per heavy atom. The summed E-state index contributed by atoms with van der Waals surface area (Å²) in [6.07, 6.45) is 117. The van der Waals surface area contributed by atoms with Crippen molar-refractivity contribution in [2.75, 3.05) is 26.4 Å². The summed E-state index contributed by atoms with van der Waals surface area (Å²) in [6, 6.07) is 0. The van der Waals surface area contributed by atoms with Gasteiger partial charge in [-0.25, -0.2) is 4.57 Å². The first kappa shape index (κ1) is 90.1. The van der Waals surface area contributed by atoms with E-state index in [1.54, 1.807) is 0 Å². The van der Waals surface area contributed by atoms with Crippen molar-refractivity contribution in [3.05, 3.63) is 182 Å². The van der Waals surface area contributed by atoms with Crippen LogP contribution in [0.3, 0.4) is 0 Å². The highest BCUT2D eigenvalue weighted by atomic mass is 31.2. The minimum Gasteiger partial charge on any atom is -0.462 e. The quantitative estimate of drug-likeness (QED) is 0.0264. The van der Waals surface area contributed by atoms with Crippen molar-refractivity contribution in [1.29, 1.82) is 0 Å². The number of phosphoric ester groups is 1. The third-order valence-electron chi connectivity index (χ3n) is 15.8. The molecule has 0 spiro atoms. The Balaban J connectivity index is 3.91. The minimum absolute atomic E-state index is 0.0460. The maximum Gasteiger partial charge on any atom is 0.472 e. The van der Waals surface area contributed by atoms with E-state index in [2.05, 4.69) is 196 Å². The number of ether oxygens (including phenoxy) is 2. The summed E-state index contributed by atoms with van der Waals surface area (Å²) in [6.45, 7) is 3.52. The molecular formula is C85H140NO8P. The number of carbonyl (C=O) groups excluding carboxylic acids is 2. The third-order valence-corrected chi connectivity index (χ3v) is 16.8. The topological polar surface area (TPSA) is 134 Å². The average molecular weight is 1340 g/mol. The SMILES string of the molecule is CC/C=C\C/C=C\C/C=C\C/C=C\C/C=C\C/C=C\C/C=C\C/C=C\C/C=C\CCCCCCCCCCCCCC(=O)OC(COC(=O)CCCCCCCCCCCCCCCCCC/C=C\C/C=C\C/C=C\C/C=C\C/C=C\C/C=C\CC)COP(=O)(O)OCCN. The van der Waals surface area contributed by atoms with E-state index in [4.69, 9.17) is 24.3 Å². The second-order valence-corrected chi connectivity index (χ2v) is 26.2. The third kappa shape index (κ3) is 78.0. The van der Waals surface area contributed by atoms with Crippen molar-refractivity contribution < 1.29 is 37.6 Å². The summed E-state index contributed by atoms with van der Waals surface area (Å²) in [5, 5.41) is 0. The molecule has 0 fully saturated rings. The molecule has 0 heterocycles. The summed E-state index contributed by atoms with van der Waals surface area (Å²) >= 11 is 0. The molecule has 0 saturated carbocycles. The summed E-state index contributed by atoms with van der Waals surface area (Å²) in [5.74, 6) is -0.833. The van der Waals surface area contributed by atoms with Gasteiger partial charge in [-0.1, -0.05) is 344 Å². The molecule has 0 bridgehead atoms. The number of unbranched alkanes of at least 4 members (excludes halogenated alkanes) is 27. The maximum atomic E-state index is 12.8. The highest BCUT2D eigenvalue weighted by Crippen LogP contribution is 2.43. The number of phosphoric acid groups is 1. The summed E-state index contributed by atoms with van der Waals surface area (Å²) in [7, 11) is -4.41. The van der Waals surface area contributed by atoms with Gasteiger partial charge in [0.05, 0.1) is 13.2 Å². The number of esters is 2. The zero-order valence-corrected chi connectivity index (χ0v) is 61.5. The smallest absolute Gasteiger partial charge is 0.462 e. The number of hydrogen-bond donors (Lipinski definition) is 2. The average Bonchev–Trinajstić information content (AvgIpc) is 3.16. The predicted octanol–water partition coefficient (Wildman–Crippen LogP) is 25.9. The monoisotopic (exact) mass is 1330 g/mol. The van der Waals surface area contributed by atoms with Gasteiger partial charge in [-0.05, 0) is 135 Å². The number of carbonyl (C=O) groups is 2. The van der Waals surface area contributed by atoms with Gasteiger partial charge in [0.15, 0.2) is 6.10 Å². The van der Waals surface area contributed by atoms with E-state index in [1.165, 1.54) is 135 Å². The van der Waals surface area contributed by atoms with E-state index in [0.29, 0.717) is 6.42 Å². The fourth-order valence-corrected chi connectivity index (χ4v) is 11.0. The van der Waals surface area contributed by atoms with E-state index in [-0.39, 0.29) is 38.6 Å². The summed E-state index contributed by atoms with van der Waals surface area (Å²) in [5.41, 5.74) is 5.41. The van der Waals surface area contributed by atoms with Crippen LogP contribution in [0.25, 0.3) is 0 Å². The van der Waals surface area contributed by atoms with Gasteiger partial charge >= 0.3 is 19.8 Å². The van der Waals surface area contributed by atoms with Gasteiger partial charge in [0.2, 0.25) is 0 Å². The highest BCUT2D eigenvalue weighted by Gasteiger charge is 2.26. The molecule has 9 nitrogen and oxygen atoms in total. The lowest BCUT2D eigenvalue weighted by Gasteiger charge is -2.19. The Hall–Kier alpha value is -4.89. The first-order chi connectivity index (χ1) is 46.8. The van der Waals surface area contributed by atoms with Crippen LogP contribution < -0.4 is 5.73 Å². The van der Waals surface area contributed by atoms with E-state index >= 15 is 0 Å². The normalized spacial score (nSPS) is 13.9. The van der Waals surface area contributed by atoms with Crippen LogP contribution >= 0.6 is 7.82 Å². The fourth-order valence-electron chi connectivity index (χ4n) is 10.2. The number of nitrogens with two attached hydrogens (primary N) is 1. The molecule has 0 aromatic heterocycles. The molecule has 0 radical (unpaired) electrons. The number of allylic oxidation sites excluding steroid dienone is 30. The Morgan fingerprint density at radius 3 is 0.811 bits per heavy atom. The molecule has 0 aromatic carbocycles. The van der Waals surface area contributed by atoms with Crippen LogP contribution in [0, 0.1) is 0 Å². The lowest BCUT2D eigenvalue weighted by Crippen LogP contribution is -2.29. The molecule has 2 atom stereocenters. The van der Waals surface area contributed by atoms with Crippen LogP contribution in [0.4, 0.5) is 0 Å². The zero-order chi connectivity index (χ0) is 68.6. The van der Waals surface area contributed by atoms with Crippen molar-refractivity contribution in [2.45, 2.75) is 315 Å². The highest BCUT2D eigenvalue weighted by molar-refractivity contribution is 7.47.